The third kappa shape index (κ3) is 2.48. The molecule has 0 radical (unpaired) electrons. The summed E-state index contributed by atoms with van der Waals surface area (Å²) >= 11 is 0. The Morgan fingerprint density at radius 3 is 3.00 bits per heavy atom. The zero-order valence-corrected chi connectivity index (χ0v) is 10.3. The van der Waals surface area contributed by atoms with Gasteiger partial charge in [0.05, 0.1) is 18.0 Å². The normalized spacial score (nSPS) is 13.1. The molecule has 92 valence electrons. The van der Waals surface area contributed by atoms with Gasteiger partial charge in [-0.2, -0.15) is 0 Å². The third-order valence-electron chi connectivity index (χ3n) is 3.10. The summed E-state index contributed by atoms with van der Waals surface area (Å²) in [7, 11) is 0. The maximum Gasteiger partial charge on any atom is 0.137 e. The van der Waals surface area contributed by atoms with Crippen molar-refractivity contribution in [3.63, 3.8) is 0 Å². The molecule has 0 aliphatic heterocycles. The predicted octanol–water partition coefficient (Wildman–Crippen LogP) is 1.50. The second-order valence-electron chi connectivity index (χ2n) is 4.24. The minimum absolute atomic E-state index is 0.156. The molecule has 4 nitrogen and oxygen atoms in total. The van der Waals surface area contributed by atoms with Gasteiger partial charge < -0.3 is 14.8 Å². The molecule has 4 heteroatoms. The zero-order chi connectivity index (χ0) is 12.3. The molecule has 2 aromatic heterocycles. The second kappa shape index (κ2) is 5.29. The summed E-state index contributed by atoms with van der Waals surface area (Å²) in [5.74, 6) is 0. The second-order valence-corrected chi connectivity index (χ2v) is 4.24. The van der Waals surface area contributed by atoms with Gasteiger partial charge in [-0.25, -0.2) is 4.98 Å². The van der Waals surface area contributed by atoms with Crippen LogP contribution in [0.5, 0.6) is 0 Å². The Morgan fingerprint density at radius 1 is 1.47 bits per heavy atom. The first-order valence-electron chi connectivity index (χ1n) is 6.03. The fourth-order valence-corrected chi connectivity index (χ4v) is 1.96. The fourth-order valence-electron chi connectivity index (χ4n) is 1.96. The van der Waals surface area contributed by atoms with Crippen molar-refractivity contribution in [2.24, 2.45) is 0 Å². The molecule has 0 unspecified atom stereocenters. The summed E-state index contributed by atoms with van der Waals surface area (Å²) < 4.78 is 2.09. The third-order valence-corrected chi connectivity index (χ3v) is 3.10. The number of rotatable bonds is 5. The van der Waals surface area contributed by atoms with Gasteiger partial charge in [0.25, 0.3) is 0 Å². The van der Waals surface area contributed by atoms with Crippen molar-refractivity contribution in [3.05, 3.63) is 35.8 Å². The maximum absolute atomic E-state index is 9.15. The molecule has 2 aromatic rings. The number of nitrogens with zero attached hydrogens (tertiary/aromatic N) is 2. The minimum atomic E-state index is 0.156. The first-order valence-corrected chi connectivity index (χ1v) is 6.03. The quantitative estimate of drug-likeness (QED) is 0.823. The molecular weight excluding hydrogens is 214 g/mol. The van der Waals surface area contributed by atoms with Crippen LogP contribution in [0.4, 0.5) is 0 Å². The number of hydrogen-bond acceptors (Lipinski definition) is 3. The Hall–Kier alpha value is -1.39. The molecule has 1 atom stereocenters. The number of imidazole rings is 1. The Morgan fingerprint density at radius 2 is 2.29 bits per heavy atom. The van der Waals surface area contributed by atoms with E-state index in [0.29, 0.717) is 0 Å². The number of nitrogens with one attached hydrogen (secondary N) is 1. The molecular formula is C13H19N3O. The number of aryl methyl sites for hydroxylation is 1. The Balaban J connectivity index is 2.20. The van der Waals surface area contributed by atoms with Crippen LogP contribution < -0.4 is 5.32 Å². The van der Waals surface area contributed by atoms with Crippen molar-refractivity contribution < 1.29 is 5.11 Å². The van der Waals surface area contributed by atoms with Gasteiger partial charge in [-0.3, -0.25) is 0 Å². The molecule has 0 aromatic carbocycles. The van der Waals surface area contributed by atoms with Crippen LogP contribution in [0.3, 0.4) is 0 Å². The van der Waals surface area contributed by atoms with E-state index in [0.717, 1.165) is 30.0 Å². The number of aliphatic hydroxyl groups is 1. The SMILES string of the molecule is CC[C@H](CO)NCc1c(C)nc2ccccn12. The molecule has 2 heterocycles. The van der Waals surface area contributed by atoms with Crippen LogP contribution in [0.1, 0.15) is 24.7 Å². The van der Waals surface area contributed by atoms with E-state index in [1.165, 1.54) is 0 Å². The molecule has 2 N–H and O–H groups in total. The van der Waals surface area contributed by atoms with Crippen LogP contribution in [0.15, 0.2) is 24.4 Å². The van der Waals surface area contributed by atoms with E-state index in [1.54, 1.807) is 0 Å². The molecule has 0 saturated carbocycles. The highest BCUT2D eigenvalue weighted by atomic mass is 16.3. The number of hydrogen-bond donors (Lipinski definition) is 2. The lowest BCUT2D eigenvalue weighted by molar-refractivity contribution is 0.238. The Bertz CT molecular complexity index is 488. The smallest absolute Gasteiger partial charge is 0.137 e. The van der Waals surface area contributed by atoms with Crippen LogP contribution in [-0.2, 0) is 6.54 Å². The molecule has 0 fully saturated rings. The highest BCUT2D eigenvalue weighted by Crippen LogP contribution is 2.11. The molecule has 0 amide bonds. The molecule has 0 aliphatic rings. The van der Waals surface area contributed by atoms with E-state index in [9.17, 15) is 0 Å². The molecule has 0 aliphatic carbocycles. The zero-order valence-electron chi connectivity index (χ0n) is 10.3. The van der Waals surface area contributed by atoms with Crippen LogP contribution in [0.2, 0.25) is 0 Å². The van der Waals surface area contributed by atoms with Crippen molar-refractivity contribution in [2.45, 2.75) is 32.9 Å². The highest BCUT2D eigenvalue weighted by molar-refractivity contribution is 5.42. The molecule has 0 spiro atoms. The summed E-state index contributed by atoms with van der Waals surface area (Å²) in [6.45, 7) is 4.99. The highest BCUT2D eigenvalue weighted by Gasteiger charge is 2.10. The van der Waals surface area contributed by atoms with Gasteiger partial charge in [-0.05, 0) is 25.5 Å². The van der Waals surface area contributed by atoms with Gasteiger partial charge in [0, 0.05) is 18.8 Å². The van der Waals surface area contributed by atoms with Gasteiger partial charge in [-0.15, -0.1) is 0 Å². The van der Waals surface area contributed by atoms with Crippen LogP contribution >= 0.6 is 0 Å². The Labute approximate surface area is 101 Å². The lowest BCUT2D eigenvalue weighted by Crippen LogP contribution is -2.31. The van der Waals surface area contributed by atoms with E-state index in [1.807, 2.05) is 31.3 Å². The Kier molecular flexibility index (Phi) is 3.76. The van der Waals surface area contributed by atoms with Gasteiger partial charge in [-0.1, -0.05) is 13.0 Å². The van der Waals surface area contributed by atoms with E-state index in [2.05, 4.69) is 21.6 Å². The minimum Gasteiger partial charge on any atom is -0.395 e. The number of aliphatic hydroxyl groups excluding tert-OH is 1. The fraction of sp³-hybridized carbons (Fsp3) is 0.462. The van der Waals surface area contributed by atoms with Crippen molar-refractivity contribution in [1.29, 1.82) is 0 Å². The summed E-state index contributed by atoms with van der Waals surface area (Å²) in [4.78, 5) is 4.50. The van der Waals surface area contributed by atoms with Crippen LogP contribution in [0, 0.1) is 6.92 Å². The predicted molar refractivity (Wildman–Crippen MR) is 67.9 cm³/mol. The molecule has 0 bridgehead atoms. The van der Waals surface area contributed by atoms with E-state index < -0.39 is 0 Å². The first-order chi connectivity index (χ1) is 8.26. The lowest BCUT2D eigenvalue weighted by atomic mass is 10.2. The number of aromatic nitrogens is 2. The van der Waals surface area contributed by atoms with Crippen molar-refractivity contribution >= 4 is 5.65 Å². The largest absolute Gasteiger partial charge is 0.395 e. The monoisotopic (exact) mass is 233 g/mol. The van der Waals surface area contributed by atoms with Crippen LogP contribution in [0.25, 0.3) is 5.65 Å². The van der Waals surface area contributed by atoms with Gasteiger partial charge >= 0.3 is 0 Å². The summed E-state index contributed by atoms with van der Waals surface area (Å²) in [5.41, 5.74) is 3.17. The van der Waals surface area contributed by atoms with Crippen LogP contribution in [-0.4, -0.2) is 27.1 Å². The van der Waals surface area contributed by atoms with Gasteiger partial charge in [0.2, 0.25) is 0 Å². The van der Waals surface area contributed by atoms with E-state index in [4.69, 9.17) is 5.11 Å². The molecule has 2 rings (SSSR count). The van der Waals surface area contributed by atoms with Gasteiger partial charge in [0.1, 0.15) is 5.65 Å². The molecule has 17 heavy (non-hydrogen) atoms. The van der Waals surface area contributed by atoms with E-state index in [-0.39, 0.29) is 12.6 Å². The molecule has 0 saturated heterocycles. The summed E-state index contributed by atoms with van der Waals surface area (Å²) in [6, 6.07) is 6.14. The number of pyridine rings is 1. The first kappa shape index (κ1) is 12.1. The van der Waals surface area contributed by atoms with Crippen molar-refractivity contribution in [3.8, 4) is 0 Å². The van der Waals surface area contributed by atoms with Crippen molar-refractivity contribution in [2.75, 3.05) is 6.61 Å². The summed E-state index contributed by atoms with van der Waals surface area (Å²) in [5, 5.41) is 12.5. The maximum atomic E-state index is 9.15. The van der Waals surface area contributed by atoms with Crippen molar-refractivity contribution in [1.82, 2.24) is 14.7 Å². The average Bonchev–Trinajstić information content (AvgIpc) is 2.67. The average molecular weight is 233 g/mol. The number of fused-ring (bicyclic) bond motifs is 1. The van der Waals surface area contributed by atoms with E-state index >= 15 is 0 Å². The topological polar surface area (TPSA) is 49.6 Å². The van der Waals surface area contributed by atoms with Gasteiger partial charge in [0.15, 0.2) is 0 Å². The lowest BCUT2D eigenvalue weighted by Gasteiger charge is -2.14. The standard InChI is InChI=1S/C13H19N3O/c1-3-11(9-17)14-8-12-10(2)15-13-6-4-5-7-16(12)13/h4-7,11,14,17H,3,8-9H2,1-2H3/t11-/m1/s1. The summed E-state index contributed by atoms with van der Waals surface area (Å²) in [6.07, 6.45) is 2.94.